The first kappa shape index (κ1) is 26.7. The molecule has 0 aliphatic carbocycles. The Labute approximate surface area is 231 Å². The molecule has 2 atom stereocenters. The molecule has 10 heteroatoms. The number of fused-ring (bicyclic) bond motifs is 1. The summed E-state index contributed by atoms with van der Waals surface area (Å²) in [4.78, 5) is 28.2. The Morgan fingerprint density at radius 3 is 2.67 bits per heavy atom. The van der Waals surface area contributed by atoms with Crippen LogP contribution in [-0.4, -0.2) is 46.8 Å². The molecule has 1 fully saturated rings. The van der Waals surface area contributed by atoms with E-state index in [1.165, 1.54) is 23.3 Å². The molecule has 3 heterocycles. The molecule has 2 aliphatic heterocycles. The molecule has 3 aromatic rings. The normalized spacial score (nSPS) is 19.9. The summed E-state index contributed by atoms with van der Waals surface area (Å²) in [6.45, 7) is 8.51. The number of methoxy groups -OCH3 is 1. The molecule has 9 nitrogen and oxygen atoms in total. The Kier molecular flexibility index (Phi) is 7.31. The first-order valence-corrected chi connectivity index (χ1v) is 13.7. The van der Waals surface area contributed by atoms with Gasteiger partial charge in [0.05, 0.1) is 25.3 Å². The smallest absolute Gasteiger partial charge is 0.301 e. The van der Waals surface area contributed by atoms with Crippen LogP contribution in [0.25, 0.3) is 5.76 Å². The van der Waals surface area contributed by atoms with Gasteiger partial charge in [-0.3, -0.25) is 14.5 Å². The number of nitrogens with zero attached hydrogens (tertiary/aromatic N) is 3. The number of hydrogen-bond acceptors (Lipinski definition) is 9. The lowest BCUT2D eigenvalue weighted by Crippen LogP contribution is -2.29. The topological polar surface area (TPSA) is 111 Å². The van der Waals surface area contributed by atoms with Crippen LogP contribution in [0.3, 0.4) is 0 Å². The monoisotopic (exact) mass is 549 g/mol. The van der Waals surface area contributed by atoms with Crippen LogP contribution in [0.4, 0.5) is 5.13 Å². The minimum atomic E-state index is -0.945. The average molecular weight is 550 g/mol. The lowest BCUT2D eigenvalue weighted by Gasteiger charge is -2.23. The number of benzene rings is 2. The number of ketones is 1. The Bertz CT molecular complexity index is 1460. The minimum Gasteiger partial charge on any atom is -0.507 e. The van der Waals surface area contributed by atoms with Crippen molar-refractivity contribution in [2.24, 2.45) is 5.92 Å². The van der Waals surface area contributed by atoms with Crippen molar-refractivity contribution in [2.75, 3.05) is 18.6 Å². The van der Waals surface area contributed by atoms with Gasteiger partial charge in [-0.15, -0.1) is 10.2 Å². The Morgan fingerprint density at radius 2 is 1.97 bits per heavy atom. The molecule has 0 saturated carbocycles. The molecule has 2 aromatic carbocycles. The zero-order valence-corrected chi connectivity index (χ0v) is 23.4. The molecule has 0 unspecified atom stereocenters. The first-order valence-electron chi connectivity index (χ1n) is 12.9. The van der Waals surface area contributed by atoms with Crippen LogP contribution in [0.1, 0.15) is 54.9 Å². The Morgan fingerprint density at radius 1 is 1.18 bits per heavy atom. The van der Waals surface area contributed by atoms with Gasteiger partial charge in [0.2, 0.25) is 5.13 Å². The largest absolute Gasteiger partial charge is 0.507 e. The van der Waals surface area contributed by atoms with Crippen LogP contribution in [0.5, 0.6) is 17.2 Å². The highest BCUT2D eigenvalue weighted by Gasteiger charge is 2.48. The number of aliphatic hydroxyl groups excluding tert-OH is 1. The van der Waals surface area contributed by atoms with Crippen molar-refractivity contribution in [2.45, 2.75) is 52.7 Å². The second-order valence-corrected chi connectivity index (χ2v) is 11.3. The van der Waals surface area contributed by atoms with Gasteiger partial charge in [-0.2, -0.15) is 0 Å². The van der Waals surface area contributed by atoms with Crippen LogP contribution >= 0.6 is 11.3 Å². The summed E-state index contributed by atoms with van der Waals surface area (Å²) in [7, 11) is 1.53. The SMILES string of the molecule is COc1cc([C@H]2C(=C(O)c3ccc4c(c3)C[C@H](C)O4)C(=O)C(=O)N2c2nnc(C)s2)ccc1OCCC(C)C. The van der Waals surface area contributed by atoms with Crippen molar-refractivity contribution in [3.05, 3.63) is 63.7 Å². The van der Waals surface area contributed by atoms with E-state index in [1.807, 2.05) is 6.92 Å². The number of aliphatic hydroxyl groups is 1. The van der Waals surface area contributed by atoms with Gasteiger partial charge in [0.1, 0.15) is 22.6 Å². The lowest BCUT2D eigenvalue weighted by molar-refractivity contribution is -0.132. The standard InChI is InChI=1S/C29H31N3O6S/c1-15(2)10-11-37-22-9-6-18(14-23(22)36-5)25-24(27(34)28(35)32(25)29-31-30-17(4)39-29)26(33)19-7-8-21-20(13-19)12-16(3)38-21/h6-9,13-16,25,33H,10-12H2,1-5H3/t16-,25-/m0/s1. The minimum absolute atomic E-state index is 0.0253. The maximum absolute atomic E-state index is 13.5. The van der Waals surface area contributed by atoms with E-state index in [9.17, 15) is 14.7 Å². The fourth-order valence-corrected chi connectivity index (χ4v) is 5.55. The number of Topliss-reactive ketones (excluding diaryl/α,β-unsaturated/α-hetero) is 1. The molecule has 2 aliphatic rings. The zero-order chi connectivity index (χ0) is 27.8. The van der Waals surface area contributed by atoms with Crippen LogP contribution < -0.4 is 19.1 Å². The van der Waals surface area contributed by atoms with Crippen LogP contribution in [-0.2, 0) is 16.0 Å². The summed E-state index contributed by atoms with van der Waals surface area (Å²) >= 11 is 1.20. The van der Waals surface area contributed by atoms with E-state index in [2.05, 4.69) is 24.0 Å². The predicted octanol–water partition coefficient (Wildman–Crippen LogP) is 5.23. The zero-order valence-electron chi connectivity index (χ0n) is 22.6. The first-order chi connectivity index (χ1) is 18.7. The molecular formula is C29H31N3O6S. The maximum atomic E-state index is 13.5. The quantitative estimate of drug-likeness (QED) is 0.231. The lowest BCUT2D eigenvalue weighted by atomic mass is 9.94. The summed E-state index contributed by atoms with van der Waals surface area (Å²) in [5, 5.41) is 20.6. The van der Waals surface area contributed by atoms with Gasteiger partial charge in [0, 0.05) is 12.0 Å². The Hall–Kier alpha value is -3.92. The van der Waals surface area contributed by atoms with E-state index < -0.39 is 17.7 Å². The van der Waals surface area contributed by atoms with Gasteiger partial charge >= 0.3 is 5.91 Å². The van der Waals surface area contributed by atoms with Gasteiger partial charge in [0.15, 0.2) is 11.5 Å². The van der Waals surface area contributed by atoms with Gasteiger partial charge in [-0.25, -0.2) is 0 Å². The highest BCUT2D eigenvalue weighted by molar-refractivity contribution is 7.15. The molecule has 0 spiro atoms. The summed E-state index contributed by atoms with van der Waals surface area (Å²) in [5.74, 6) is 0.397. The molecule has 5 rings (SSSR count). The van der Waals surface area contributed by atoms with E-state index in [0.717, 1.165) is 17.7 Å². The average Bonchev–Trinajstić information content (AvgIpc) is 3.57. The second-order valence-electron chi connectivity index (χ2n) is 10.2. The number of hydrogen-bond donors (Lipinski definition) is 1. The number of carbonyl (C=O) groups excluding carboxylic acids is 2. The van der Waals surface area contributed by atoms with Gasteiger partial charge < -0.3 is 19.3 Å². The molecule has 204 valence electrons. The van der Waals surface area contributed by atoms with Gasteiger partial charge in [0.25, 0.3) is 5.78 Å². The third-order valence-electron chi connectivity index (χ3n) is 6.79. The third-order valence-corrected chi connectivity index (χ3v) is 7.63. The molecule has 1 aromatic heterocycles. The molecule has 1 amide bonds. The van der Waals surface area contributed by atoms with Crippen molar-refractivity contribution in [3.63, 3.8) is 0 Å². The molecule has 1 saturated heterocycles. The molecule has 1 N–H and O–H groups in total. The number of amides is 1. The Balaban J connectivity index is 1.62. The summed E-state index contributed by atoms with van der Waals surface area (Å²) in [6, 6.07) is 9.59. The number of rotatable bonds is 8. The van der Waals surface area contributed by atoms with Crippen molar-refractivity contribution in [1.29, 1.82) is 0 Å². The summed E-state index contributed by atoms with van der Waals surface area (Å²) in [5.41, 5.74) is 1.90. The van der Waals surface area contributed by atoms with Crippen molar-refractivity contribution < 1.29 is 28.9 Å². The number of ether oxygens (including phenoxy) is 3. The second kappa shape index (κ2) is 10.7. The summed E-state index contributed by atoms with van der Waals surface area (Å²) < 4.78 is 17.3. The third kappa shape index (κ3) is 5.08. The molecular weight excluding hydrogens is 518 g/mol. The number of carbonyl (C=O) groups is 2. The molecule has 39 heavy (non-hydrogen) atoms. The molecule has 0 bridgehead atoms. The van der Waals surface area contributed by atoms with E-state index >= 15 is 0 Å². The predicted molar refractivity (Wildman–Crippen MR) is 148 cm³/mol. The van der Waals surface area contributed by atoms with Crippen molar-refractivity contribution in [3.8, 4) is 17.2 Å². The van der Waals surface area contributed by atoms with Gasteiger partial charge in [-0.05, 0) is 67.6 Å². The number of aryl methyl sites for hydroxylation is 1. The fraction of sp³-hybridized carbons (Fsp3) is 0.379. The number of aromatic nitrogens is 2. The maximum Gasteiger partial charge on any atom is 0.301 e. The van der Waals surface area contributed by atoms with Crippen LogP contribution in [0, 0.1) is 12.8 Å². The van der Waals surface area contributed by atoms with Crippen molar-refractivity contribution in [1.82, 2.24) is 10.2 Å². The van der Waals surface area contributed by atoms with E-state index in [1.54, 1.807) is 43.3 Å². The fourth-order valence-electron chi connectivity index (χ4n) is 4.83. The van der Waals surface area contributed by atoms with Crippen molar-refractivity contribution >= 4 is 33.9 Å². The highest BCUT2D eigenvalue weighted by Crippen LogP contribution is 2.45. The van der Waals surface area contributed by atoms with E-state index in [-0.39, 0.29) is 22.6 Å². The van der Waals surface area contributed by atoms with Gasteiger partial charge in [-0.1, -0.05) is 31.3 Å². The molecule has 0 radical (unpaired) electrons. The number of anilines is 1. The summed E-state index contributed by atoms with van der Waals surface area (Å²) in [6.07, 6.45) is 1.59. The van der Waals surface area contributed by atoms with E-state index in [4.69, 9.17) is 14.2 Å². The van der Waals surface area contributed by atoms with Crippen LogP contribution in [0.2, 0.25) is 0 Å². The van der Waals surface area contributed by atoms with E-state index in [0.29, 0.717) is 46.6 Å². The van der Waals surface area contributed by atoms with Crippen LogP contribution in [0.15, 0.2) is 42.0 Å². The highest BCUT2D eigenvalue weighted by atomic mass is 32.1.